The van der Waals surface area contributed by atoms with Crippen molar-refractivity contribution in [1.82, 2.24) is 20.0 Å². The van der Waals surface area contributed by atoms with Gasteiger partial charge in [0.15, 0.2) is 0 Å². The van der Waals surface area contributed by atoms with Gasteiger partial charge in [-0.05, 0) is 25.3 Å². The van der Waals surface area contributed by atoms with E-state index in [4.69, 9.17) is 0 Å². The van der Waals surface area contributed by atoms with Gasteiger partial charge in [-0.3, -0.25) is 9.58 Å². The molecule has 1 saturated heterocycles. The maximum atomic E-state index is 4.30. The van der Waals surface area contributed by atoms with Crippen LogP contribution in [0.15, 0.2) is 18.5 Å². The third kappa shape index (κ3) is 3.80. The van der Waals surface area contributed by atoms with Crippen molar-refractivity contribution in [2.45, 2.75) is 52.7 Å². The van der Waals surface area contributed by atoms with Crippen LogP contribution in [0.3, 0.4) is 0 Å². The summed E-state index contributed by atoms with van der Waals surface area (Å²) in [5.41, 5.74) is 0.499. The van der Waals surface area contributed by atoms with Crippen molar-refractivity contribution in [3.05, 3.63) is 18.5 Å². The van der Waals surface area contributed by atoms with Crippen molar-refractivity contribution in [1.29, 1.82) is 0 Å². The van der Waals surface area contributed by atoms with Gasteiger partial charge in [0.05, 0.1) is 6.54 Å². The Hall–Kier alpha value is -0.870. The quantitative estimate of drug-likeness (QED) is 0.906. The van der Waals surface area contributed by atoms with Gasteiger partial charge in [0.25, 0.3) is 0 Å². The van der Waals surface area contributed by atoms with Crippen LogP contribution in [0.2, 0.25) is 0 Å². The van der Waals surface area contributed by atoms with Gasteiger partial charge < -0.3 is 5.32 Å². The molecule has 2 heterocycles. The SMILES string of the molecule is CC1(C)CN(CCn2cccn2)C(C(C)(C)C)CN1. The van der Waals surface area contributed by atoms with Gasteiger partial charge in [-0.15, -0.1) is 0 Å². The molecule has 4 heteroatoms. The second kappa shape index (κ2) is 5.25. The number of nitrogens with one attached hydrogen (secondary N) is 1. The Bertz CT molecular complexity index is 389. The third-order valence-corrected chi connectivity index (χ3v) is 3.99. The highest BCUT2D eigenvalue weighted by molar-refractivity contribution is 4.96. The fourth-order valence-corrected chi connectivity index (χ4v) is 2.93. The molecule has 1 aromatic rings. The van der Waals surface area contributed by atoms with E-state index in [1.807, 2.05) is 23.1 Å². The van der Waals surface area contributed by atoms with E-state index >= 15 is 0 Å². The lowest BCUT2D eigenvalue weighted by Gasteiger charge is -2.49. The van der Waals surface area contributed by atoms with E-state index in [0.29, 0.717) is 11.5 Å². The predicted octanol–water partition coefficient (Wildman–Crippen LogP) is 1.98. The minimum Gasteiger partial charge on any atom is -0.309 e. The zero-order valence-electron chi connectivity index (χ0n) is 13.0. The summed E-state index contributed by atoms with van der Waals surface area (Å²) in [7, 11) is 0. The van der Waals surface area contributed by atoms with Crippen molar-refractivity contribution in [2.24, 2.45) is 5.41 Å². The van der Waals surface area contributed by atoms with Gasteiger partial charge in [0.1, 0.15) is 0 Å². The van der Waals surface area contributed by atoms with E-state index < -0.39 is 0 Å². The average Bonchev–Trinajstić information content (AvgIpc) is 2.76. The van der Waals surface area contributed by atoms with Crippen LogP contribution in [0.25, 0.3) is 0 Å². The van der Waals surface area contributed by atoms with E-state index in [9.17, 15) is 0 Å². The Kier molecular flexibility index (Phi) is 4.02. The first-order chi connectivity index (χ1) is 8.78. The molecular weight excluding hydrogens is 236 g/mol. The minimum atomic E-state index is 0.200. The molecule has 2 rings (SSSR count). The van der Waals surface area contributed by atoms with Crippen molar-refractivity contribution < 1.29 is 0 Å². The number of rotatable bonds is 3. The summed E-state index contributed by atoms with van der Waals surface area (Å²) >= 11 is 0. The van der Waals surface area contributed by atoms with Crippen molar-refractivity contribution >= 4 is 0 Å². The van der Waals surface area contributed by atoms with E-state index in [1.54, 1.807) is 0 Å². The zero-order valence-corrected chi connectivity index (χ0v) is 13.0. The number of hydrogen-bond donors (Lipinski definition) is 1. The molecule has 1 aromatic heterocycles. The van der Waals surface area contributed by atoms with Crippen molar-refractivity contribution in [3.63, 3.8) is 0 Å². The first-order valence-electron chi connectivity index (χ1n) is 7.24. The zero-order chi connectivity index (χ0) is 14.1. The molecule has 19 heavy (non-hydrogen) atoms. The summed E-state index contributed by atoms with van der Waals surface area (Å²) in [5, 5.41) is 7.97. The van der Waals surface area contributed by atoms with Crippen LogP contribution >= 0.6 is 0 Å². The molecule has 0 saturated carbocycles. The molecule has 0 aromatic carbocycles. The summed E-state index contributed by atoms with van der Waals surface area (Å²) in [6, 6.07) is 2.57. The highest BCUT2D eigenvalue weighted by Crippen LogP contribution is 2.28. The Morgan fingerprint density at radius 1 is 1.32 bits per heavy atom. The Morgan fingerprint density at radius 2 is 2.05 bits per heavy atom. The lowest BCUT2D eigenvalue weighted by molar-refractivity contribution is 0.0302. The molecule has 1 N–H and O–H groups in total. The first kappa shape index (κ1) is 14.5. The third-order valence-electron chi connectivity index (χ3n) is 3.99. The molecule has 1 atom stereocenters. The number of piperazine rings is 1. The van der Waals surface area contributed by atoms with E-state index in [1.165, 1.54) is 0 Å². The normalized spacial score (nSPS) is 24.6. The molecule has 0 amide bonds. The molecular formula is C15H28N4. The predicted molar refractivity (Wildman–Crippen MR) is 79.1 cm³/mol. The van der Waals surface area contributed by atoms with Crippen molar-refractivity contribution in [2.75, 3.05) is 19.6 Å². The average molecular weight is 264 g/mol. The largest absolute Gasteiger partial charge is 0.309 e. The van der Waals surface area contributed by atoms with Crippen LogP contribution in [-0.2, 0) is 6.54 Å². The summed E-state index contributed by atoms with van der Waals surface area (Å²) in [5.74, 6) is 0. The maximum Gasteiger partial charge on any atom is 0.0536 e. The Morgan fingerprint density at radius 3 is 2.63 bits per heavy atom. The Labute approximate surface area is 117 Å². The smallest absolute Gasteiger partial charge is 0.0536 e. The lowest BCUT2D eigenvalue weighted by Crippen LogP contribution is -2.65. The second-order valence-corrected chi connectivity index (χ2v) is 7.39. The Balaban J connectivity index is 2.03. The van der Waals surface area contributed by atoms with Crippen LogP contribution in [0.4, 0.5) is 0 Å². The van der Waals surface area contributed by atoms with Crippen LogP contribution < -0.4 is 5.32 Å². The number of aromatic nitrogens is 2. The summed E-state index contributed by atoms with van der Waals surface area (Å²) in [6.45, 7) is 15.8. The molecule has 108 valence electrons. The molecule has 0 radical (unpaired) electrons. The first-order valence-corrected chi connectivity index (χ1v) is 7.24. The highest BCUT2D eigenvalue weighted by atomic mass is 15.3. The molecule has 1 fully saturated rings. The van der Waals surface area contributed by atoms with Crippen LogP contribution in [-0.4, -0.2) is 45.9 Å². The van der Waals surface area contributed by atoms with Crippen LogP contribution in [0, 0.1) is 5.41 Å². The number of nitrogens with zero attached hydrogens (tertiary/aromatic N) is 3. The van der Waals surface area contributed by atoms with Gasteiger partial charge in [0, 0.05) is 43.6 Å². The molecule has 0 aliphatic carbocycles. The standard InChI is InChI=1S/C15H28N4/c1-14(2,3)13-11-16-15(4,5)12-18(13)9-10-19-8-6-7-17-19/h6-8,13,16H,9-12H2,1-5H3. The molecule has 4 nitrogen and oxygen atoms in total. The topological polar surface area (TPSA) is 33.1 Å². The van der Waals surface area contributed by atoms with Gasteiger partial charge in [0.2, 0.25) is 0 Å². The van der Waals surface area contributed by atoms with Crippen LogP contribution in [0.5, 0.6) is 0 Å². The minimum absolute atomic E-state index is 0.200. The van der Waals surface area contributed by atoms with Crippen molar-refractivity contribution in [3.8, 4) is 0 Å². The van der Waals surface area contributed by atoms with Gasteiger partial charge in [-0.25, -0.2) is 0 Å². The monoisotopic (exact) mass is 264 g/mol. The molecule has 1 aliphatic heterocycles. The van der Waals surface area contributed by atoms with E-state index in [0.717, 1.165) is 26.2 Å². The fourth-order valence-electron chi connectivity index (χ4n) is 2.93. The summed E-state index contributed by atoms with van der Waals surface area (Å²) in [6.07, 6.45) is 3.89. The second-order valence-electron chi connectivity index (χ2n) is 7.39. The lowest BCUT2D eigenvalue weighted by atomic mass is 9.82. The van der Waals surface area contributed by atoms with Gasteiger partial charge in [-0.2, -0.15) is 5.10 Å². The molecule has 1 unspecified atom stereocenters. The fraction of sp³-hybridized carbons (Fsp3) is 0.800. The van der Waals surface area contributed by atoms with E-state index in [-0.39, 0.29) is 5.54 Å². The number of hydrogen-bond acceptors (Lipinski definition) is 3. The molecule has 0 bridgehead atoms. The van der Waals surface area contributed by atoms with Crippen LogP contribution in [0.1, 0.15) is 34.6 Å². The summed E-state index contributed by atoms with van der Waals surface area (Å²) < 4.78 is 2.02. The van der Waals surface area contributed by atoms with Gasteiger partial charge >= 0.3 is 0 Å². The molecule has 0 spiro atoms. The van der Waals surface area contributed by atoms with Gasteiger partial charge in [-0.1, -0.05) is 20.8 Å². The maximum absolute atomic E-state index is 4.30. The molecule has 1 aliphatic rings. The summed E-state index contributed by atoms with van der Waals surface area (Å²) in [4.78, 5) is 2.62. The highest BCUT2D eigenvalue weighted by Gasteiger charge is 2.38. The van der Waals surface area contributed by atoms with E-state index in [2.05, 4.69) is 49.9 Å².